The van der Waals surface area contributed by atoms with Gasteiger partial charge in [-0.1, -0.05) is 24.3 Å². The van der Waals surface area contributed by atoms with Crippen LogP contribution in [0.3, 0.4) is 0 Å². The molecule has 1 aliphatic heterocycles. The molecule has 0 saturated heterocycles. The average Bonchev–Trinajstić information content (AvgIpc) is 3.19. The Morgan fingerprint density at radius 3 is 2.31 bits per heavy atom. The zero-order chi connectivity index (χ0) is 24.2. The topological polar surface area (TPSA) is 52.9 Å². The average molecular weight is 487 g/mol. The Bertz CT molecular complexity index is 1190. The fourth-order valence-electron chi connectivity index (χ4n) is 7.57. The van der Waals surface area contributed by atoms with Crippen molar-refractivity contribution in [2.24, 2.45) is 22.7 Å². The number of amidine groups is 1. The van der Waals surface area contributed by atoms with Crippen LogP contribution in [0.2, 0.25) is 0 Å². The number of rotatable bonds is 5. The third-order valence-corrected chi connectivity index (χ3v) is 9.81. The van der Waals surface area contributed by atoms with Gasteiger partial charge in [-0.05, 0) is 128 Å². The van der Waals surface area contributed by atoms with Gasteiger partial charge in [0.2, 0.25) is 0 Å². The summed E-state index contributed by atoms with van der Waals surface area (Å²) in [5.74, 6) is 2.82. The Kier molecular flexibility index (Phi) is 5.79. The fourth-order valence-corrected chi connectivity index (χ4v) is 8.61. The molecule has 35 heavy (non-hydrogen) atoms. The molecule has 4 aliphatic carbocycles. The van der Waals surface area contributed by atoms with Crippen LogP contribution in [0.4, 0.5) is 0 Å². The largest absolute Gasteiger partial charge is 0.508 e. The van der Waals surface area contributed by atoms with Gasteiger partial charge in [-0.2, -0.15) is 4.99 Å². The van der Waals surface area contributed by atoms with Crippen molar-refractivity contribution in [3.8, 4) is 16.9 Å². The molecule has 182 valence electrons. The second kappa shape index (κ2) is 8.85. The monoisotopic (exact) mass is 486 g/mol. The maximum absolute atomic E-state index is 12.5. The molecule has 2 aromatic carbocycles. The third kappa shape index (κ3) is 4.12. The number of phenolic OH excluding ortho intramolecular Hbond substituents is 1. The predicted octanol–water partition coefficient (Wildman–Crippen LogP) is 6.84. The lowest BCUT2D eigenvalue weighted by atomic mass is 9.48. The van der Waals surface area contributed by atoms with Crippen molar-refractivity contribution in [3.63, 3.8) is 0 Å². The molecule has 1 heterocycles. The van der Waals surface area contributed by atoms with Gasteiger partial charge in [-0.3, -0.25) is 4.79 Å². The quantitative estimate of drug-likeness (QED) is 0.470. The maximum Gasteiger partial charge on any atom is 0.286 e. The first-order chi connectivity index (χ1) is 17.0. The van der Waals surface area contributed by atoms with Crippen LogP contribution in [0.5, 0.6) is 5.75 Å². The van der Waals surface area contributed by atoms with Gasteiger partial charge < -0.3 is 10.0 Å². The fraction of sp³-hybridized carbons (Fsp3) is 0.467. The Hall–Kier alpha value is -2.53. The number of aliphatic imine (C=N–C) groups is 1. The van der Waals surface area contributed by atoms with E-state index in [1.54, 1.807) is 0 Å². The minimum Gasteiger partial charge on any atom is -0.508 e. The molecule has 4 fully saturated rings. The van der Waals surface area contributed by atoms with Gasteiger partial charge in [0.1, 0.15) is 5.75 Å². The summed E-state index contributed by atoms with van der Waals surface area (Å²) in [6.07, 6.45) is 9.84. The highest BCUT2D eigenvalue weighted by Gasteiger charge is 2.52. The number of aromatic hydroxyl groups is 1. The van der Waals surface area contributed by atoms with Crippen molar-refractivity contribution in [1.82, 2.24) is 4.90 Å². The van der Waals surface area contributed by atoms with Gasteiger partial charge in [0.25, 0.3) is 5.91 Å². The number of hydrogen-bond donors (Lipinski definition) is 1. The summed E-state index contributed by atoms with van der Waals surface area (Å²) in [4.78, 5) is 19.6. The molecule has 4 saturated carbocycles. The number of nitrogens with zero attached hydrogens (tertiary/aromatic N) is 2. The normalized spacial score (nSPS) is 30.2. The van der Waals surface area contributed by atoms with Crippen molar-refractivity contribution in [3.05, 3.63) is 58.5 Å². The van der Waals surface area contributed by atoms with E-state index in [2.05, 4.69) is 48.0 Å². The van der Waals surface area contributed by atoms with E-state index in [0.29, 0.717) is 10.7 Å². The smallest absolute Gasteiger partial charge is 0.286 e. The van der Waals surface area contributed by atoms with E-state index in [4.69, 9.17) is 0 Å². The van der Waals surface area contributed by atoms with Crippen LogP contribution in [0.15, 0.2) is 52.4 Å². The van der Waals surface area contributed by atoms with Gasteiger partial charge in [0.05, 0.1) is 4.91 Å². The van der Waals surface area contributed by atoms with Crippen LogP contribution >= 0.6 is 11.8 Å². The van der Waals surface area contributed by atoms with Crippen molar-refractivity contribution < 1.29 is 9.90 Å². The first-order valence-corrected chi connectivity index (χ1v) is 14.0. The summed E-state index contributed by atoms with van der Waals surface area (Å²) in [6, 6.07) is 14.5. The molecule has 2 aromatic rings. The standard InChI is InChI=1S/C30H34N2O2S/c1-3-32(4-2)29-31-28(34)27(35-29)14-19-6-5-7-23(13-19)24-8-9-26(33)25(15-24)30-16-20-10-21(17-30)12-22(11-20)18-30/h5-9,13-15,20-22,33H,3-4,10-12,16-18H2,1-2H3. The molecular formula is C30H34N2O2S. The van der Waals surface area contributed by atoms with E-state index in [1.807, 2.05) is 24.3 Å². The lowest BCUT2D eigenvalue weighted by molar-refractivity contribution is -0.113. The second-order valence-electron chi connectivity index (χ2n) is 11.0. The molecule has 1 N–H and O–H groups in total. The van der Waals surface area contributed by atoms with Crippen LogP contribution in [0, 0.1) is 17.8 Å². The molecule has 0 radical (unpaired) electrons. The second-order valence-corrected chi connectivity index (χ2v) is 12.0. The lowest BCUT2D eigenvalue weighted by Crippen LogP contribution is -2.48. The Morgan fingerprint density at radius 2 is 1.66 bits per heavy atom. The predicted molar refractivity (Wildman–Crippen MR) is 144 cm³/mol. The minimum atomic E-state index is -0.156. The summed E-state index contributed by atoms with van der Waals surface area (Å²) in [7, 11) is 0. The van der Waals surface area contributed by atoms with E-state index in [0.717, 1.165) is 58.3 Å². The molecule has 0 aromatic heterocycles. The summed E-state index contributed by atoms with van der Waals surface area (Å²) in [5, 5.41) is 11.8. The van der Waals surface area contributed by atoms with E-state index in [-0.39, 0.29) is 11.3 Å². The number of thioether (sulfide) groups is 1. The van der Waals surface area contributed by atoms with Gasteiger partial charge in [-0.15, -0.1) is 0 Å². The summed E-state index contributed by atoms with van der Waals surface area (Å²) < 4.78 is 0. The molecule has 0 unspecified atom stereocenters. The highest BCUT2D eigenvalue weighted by Crippen LogP contribution is 2.62. The number of carbonyl (C=O) groups is 1. The SMILES string of the molecule is CCN(CC)C1=NC(=O)C(=Cc2cccc(-c3ccc(O)c(C45CC6CC(CC(C6)C4)C5)c3)c2)S1. The van der Waals surface area contributed by atoms with Crippen LogP contribution in [-0.4, -0.2) is 34.2 Å². The van der Waals surface area contributed by atoms with Crippen molar-refractivity contribution in [2.75, 3.05) is 13.1 Å². The Morgan fingerprint density at radius 1 is 1.00 bits per heavy atom. The van der Waals surface area contributed by atoms with Crippen molar-refractivity contribution in [2.45, 2.75) is 57.8 Å². The highest BCUT2D eigenvalue weighted by atomic mass is 32.2. The van der Waals surface area contributed by atoms with E-state index in [1.165, 1.54) is 50.3 Å². The van der Waals surface area contributed by atoms with Crippen molar-refractivity contribution in [1.29, 1.82) is 0 Å². The van der Waals surface area contributed by atoms with Crippen LogP contribution < -0.4 is 0 Å². The van der Waals surface area contributed by atoms with Gasteiger partial charge in [-0.25, -0.2) is 0 Å². The molecule has 0 atom stereocenters. The van der Waals surface area contributed by atoms with Crippen LogP contribution in [0.25, 0.3) is 17.2 Å². The van der Waals surface area contributed by atoms with Gasteiger partial charge >= 0.3 is 0 Å². The minimum absolute atomic E-state index is 0.152. The summed E-state index contributed by atoms with van der Waals surface area (Å²) >= 11 is 1.46. The number of hydrogen-bond acceptors (Lipinski definition) is 4. The zero-order valence-electron chi connectivity index (χ0n) is 20.7. The van der Waals surface area contributed by atoms with E-state index in [9.17, 15) is 9.90 Å². The van der Waals surface area contributed by atoms with Gasteiger partial charge in [0, 0.05) is 18.7 Å². The number of amides is 1. The number of carbonyl (C=O) groups excluding carboxylic acids is 1. The number of benzene rings is 2. The van der Waals surface area contributed by atoms with Crippen LogP contribution in [-0.2, 0) is 10.2 Å². The molecule has 1 amide bonds. The molecule has 4 nitrogen and oxygen atoms in total. The van der Waals surface area contributed by atoms with Crippen LogP contribution in [0.1, 0.15) is 63.5 Å². The molecule has 7 rings (SSSR count). The van der Waals surface area contributed by atoms with E-state index < -0.39 is 0 Å². The lowest BCUT2D eigenvalue weighted by Gasteiger charge is -2.57. The first-order valence-electron chi connectivity index (χ1n) is 13.2. The maximum atomic E-state index is 12.5. The summed E-state index contributed by atoms with van der Waals surface area (Å²) in [6.45, 7) is 5.84. The first kappa shape index (κ1) is 22.9. The molecule has 5 heteroatoms. The zero-order valence-corrected chi connectivity index (χ0v) is 21.5. The summed E-state index contributed by atoms with van der Waals surface area (Å²) in [5.41, 5.74) is 4.57. The molecular weight excluding hydrogens is 452 g/mol. The number of phenols is 1. The Labute approximate surface area is 212 Å². The Balaban J connectivity index is 1.29. The van der Waals surface area contributed by atoms with Crippen molar-refractivity contribution >= 4 is 28.9 Å². The molecule has 0 spiro atoms. The highest BCUT2D eigenvalue weighted by molar-refractivity contribution is 8.18. The molecule has 4 bridgehead atoms. The van der Waals surface area contributed by atoms with Gasteiger partial charge in [0.15, 0.2) is 5.17 Å². The molecule has 5 aliphatic rings. The van der Waals surface area contributed by atoms with E-state index >= 15 is 0 Å². The third-order valence-electron chi connectivity index (χ3n) is 8.77.